The lowest BCUT2D eigenvalue weighted by atomic mass is 10.2. The van der Waals surface area contributed by atoms with Crippen molar-refractivity contribution in [3.63, 3.8) is 0 Å². The zero-order valence-corrected chi connectivity index (χ0v) is 15.3. The van der Waals surface area contributed by atoms with Crippen molar-refractivity contribution in [1.82, 2.24) is 14.8 Å². The molecule has 27 heavy (non-hydrogen) atoms. The monoisotopic (exact) mass is 380 g/mol. The predicted molar refractivity (Wildman–Crippen MR) is 102 cm³/mol. The topological polar surface area (TPSA) is 63.7 Å². The van der Waals surface area contributed by atoms with Gasteiger partial charge in [-0.05, 0) is 29.8 Å². The Bertz CT molecular complexity index is 963. The van der Waals surface area contributed by atoms with Crippen LogP contribution in [-0.4, -0.2) is 14.8 Å². The summed E-state index contributed by atoms with van der Waals surface area (Å²) in [4.78, 5) is 0. The molecule has 0 aliphatic rings. The summed E-state index contributed by atoms with van der Waals surface area (Å²) in [5.74, 6) is 1.05. The first-order chi connectivity index (χ1) is 13.2. The number of hydrogen-bond donors (Lipinski definition) is 0. The van der Waals surface area contributed by atoms with E-state index in [1.165, 1.54) is 17.8 Å². The molecular formula is C20H17FN4OS. The van der Waals surface area contributed by atoms with Crippen LogP contribution < -0.4 is 4.74 Å². The summed E-state index contributed by atoms with van der Waals surface area (Å²) in [6.45, 7) is 4.41. The molecule has 0 aliphatic heterocycles. The molecule has 0 N–H and O–H groups in total. The van der Waals surface area contributed by atoms with E-state index in [2.05, 4.69) is 22.8 Å². The van der Waals surface area contributed by atoms with Gasteiger partial charge >= 0.3 is 0 Å². The maximum absolute atomic E-state index is 13.7. The highest BCUT2D eigenvalue weighted by Crippen LogP contribution is 2.23. The number of ether oxygens (including phenoxy) is 1. The van der Waals surface area contributed by atoms with E-state index in [1.54, 1.807) is 36.4 Å². The van der Waals surface area contributed by atoms with Crippen LogP contribution in [0.25, 0.3) is 0 Å². The van der Waals surface area contributed by atoms with Crippen molar-refractivity contribution in [2.45, 2.75) is 24.1 Å². The van der Waals surface area contributed by atoms with Gasteiger partial charge in [0.25, 0.3) is 0 Å². The smallest absolute Gasteiger partial charge is 0.191 e. The Morgan fingerprint density at radius 1 is 1.19 bits per heavy atom. The summed E-state index contributed by atoms with van der Waals surface area (Å²) in [6, 6.07) is 15.8. The maximum Gasteiger partial charge on any atom is 0.191 e. The molecular weight excluding hydrogens is 363 g/mol. The summed E-state index contributed by atoms with van der Waals surface area (Å²) in [5, 5.41) is 18.0. The lowest BCUT2D eigenvalue weighted by Crippen LogP contribution is -2.08. The average Bonchev–Trinajstić information content (AvgIpc) is 3.08. The van der Waals surface area contributed by atoms with Crippen LogP contribution in [0.3, 0.4) is 0 Å². The van der Waals surface area contributed by atoms with Gasteiger partial charge in [0.05, 0.1) is 11.6 Å². The van der Waals surface area contributed by atoms with Crippen LogP contribution in [-0.2, 0) is 18.9 Å². The maximum atomic E-state index is 13.7. The largest absolute Gasteiger partial charge is 0.483 e. The SMILES string of the molecule is C=CCn1c(COc2ccccc2F)nnc1SCc1ccc(C#N)cc1. The van der Waals surface area contributed by atoms with E-state index in [9.17, 15) is 4.39 Å². The standard InChI is InChI=1S/C20H17FN4OS/c1-2-11-25-19(13-26-18-6-4-3-5-17(18)21)23-24-20(25)27-14-16-9-7-15(12-22)8-10-16/h2-10H,1,11,13-14H2. The molecule has 0 radical (unpaired) electrons. The minimum Gasteiger partial charge on any atom is -0.483 e. The van der Waals surface area contributed by atoms with Crippen LogP contribution in [0.2, 0.25) is 0 Å². The van der Waals surface area contributed by atoms with Gasteiger partial charge in [0.2, 0.25) is 0 Å². The Morgan fingerprint density at radius 2 is 1.96 bits per heavy atom. The molecule has 1 heterocycles. The number of rotatable bonds is 8. The van der Waals surface area contributed by atoms with Crippen LogP contribution in [0.5, 0.6) is 5.75 Å². The van der Waals surface area contributed by atoms with Gasteiger partial charge in [-0.2, -0.15) is 5.26 Å². The molecule has 0 bridgehead atoms. The summed E-state index contributed by atoms with van der Waals surface area (Å²) in [7, 11) is 0. The molecule has 5 nitrogen and oxygen atoms in total. The molecule has 3 rings (SSSR count). The molecule has 0 amide bonds. The lowest BCUT2D eigenvalue weighted by molar-refractivity contribution is 0.275. The molecule has 0 spiro atoms. The van der Waals surface area contributed by atoms with Crippen LogP contribution >= 0.6 is 11.8 Å². The van der Waals surface area contributed by atoms with E-state index >= 15 is 0 Å². The predicted octanol–water partition coefficient (Wildman–Crippen LogP) is 4.35. The Balaban J connectivity index is 1.69. The van der Waals surface area contributed by atoms with E-state index in [0.717, 1.165) is 10.7 Å². The third-order valence-electron chi connectivity index (χ3n) is 3.75. The molecule has 0 saturated heterocycles. The minimum absolute atomic E-state index is 0.110. The Morgan fingerprint density at radius 3 is 2.67 bits per heavy atom. The fourth-order valence-electron chi connectivity index (χ4n) is 2.37. The van der Waals surface area contributed by atoms with Gasteiger partial charge < -0.3 is 4.74 Å². The van der Waals surface area contributed by atoms with Crippen LogP contribution in [0.15, 0.2) is 66.3 Å². The molecule has 0 fully saturated rings. The summed E-state index contributed by atoms with van der Waals surface area (Å²) in [5.41, 5.74) is 1.71. The first-order valence-corrected chi connectivity index (χ1v) is 9.22. The zero-order chi connectivity index (χ0) is 19.1. The van der Waals surface area contributed by atoms with Gasteiger partial charge in [-0.15, -0.1) is 16.8 Å². The summed E-state index contributed by atoms with van der Waals surface area (Å²) >= 11 is 1.53. The van der Waals surface area contributed by atoms with Gasteiger partial charge in [-0.3, -0.25) is 4.57 Å². The Labute approximate surface area is 161 Å². The van der Waals surface area contributed by atoms with E-state index < -0.39 is 5.82 Å². The van der Waals surface area contributed by atoms with Crippen molar-refractivity contribution in [2.75, 3.05) is 0 Å². The normalized spacial score (nSPS) is 10.4. The molecule has 0 unspecified atom stereocenters. The van der Waals surface area contributed by atoms with Gasteiger partial charge in [-0.1, -0.05) is 42.1 Å². The number of nitriles is 1. The number of aromatic nitrogens is 3. The first kappa shape index (κ1) is 18.7. The highest BCUT2D eigenvalue weighted by Gasteiger charge is 2.13. The van der Waals surface area contributed by atoms with Crippen molar-refractivity contribution >= 4 is 11.8 Å². The van der Waals surface area contributed by atoms with Crippen LogP contribution in [0, 0.1) is 17.1 Å². The van der Waals surface area contributed by atoms with Crippen molar-refractivity contribution < 1.29 is 9.13 Å². The second-order valence-electron chi connectivity index (χ2n) is 5.61. The Kier molecular flexibility index (Phi) is 6.23. The van der Waals surface area contributed by atoms with Gasteiger partial charge in [0.15, 0.2) is 22.5 Å². The zero-order valence-electron chi connectivity index (χ0n) is 14.5. The fourth-order valence-corrected chi connectivity index (χ4v) is 3.29. The highest BCUT2D eigenvalue weighted by molar-refractivity contribution is 7.98. The molecule has 0 saturated carbocycles. The van der Waals surface area contributed by atoms with Gasteiger partial charge in [0.1, 0.15) is 6.61 Å². The van der Waals surface area contributed by atoms with Crippen LogP contribution in [0.4, 0.5) is 4.39 Å². The fraction of sp³-hybridized carbons (Fsp3) is 0.150. The van der Waals surface area contributed by atoms with Crippen molar-refractivity contribution in [2.24, 2.45) is 0 Å². The van der Waals surface area contributed by atoms with E-state index in [-0.39, 0.29) is 12.4 Å². The molecule has 0 aliphatic carbocycles. The first-order valence-electron chi connectivity index (χ1n) is 8.23. The second kappa shape index (κ2) is 9.01. The number of para-hydroxylation sites is 1. The number of thioether (sulfide) groups is 1. The number of nitrogens with zero attached hydrogens (tertiary/aromatic N) is 4. The number of allylic oxidation sites excluding steroid dienone is 1. The number of hydrogen-bond acceptors (Lipinski definition) is 5. The molecule has 2 aromatic carbocycles. The molecule has 0 atom stereocenters. The van der Waals surface area contributed by atoms with E-state index in [0.29, 0.717) is 23.7 Å². The Hall–Kier alpha value is -3.11. The van der Waals surface area contributed by atoms with Gasteiger partial charge in [0, 0.05) is 12.3 Å². The van der Waals surface area contributed by atoms with Crippen molar-refractivity contribution in [3.8, 4) is 11.8 Å². The van der Waals surface area contributed by atoms with Crippen molar-refractivity contribution in [3.05, 3.63) is 84.0 Å². The quantitative estimate of drug-likeness (QED) is 0.429. The highest BCUT2D eigenvalue weighted by atomic mass is 32.2. The third-order valence-corrected chi connectivity index (χ3v) is 4.79. The average molecular weight is 380 g/mol. The molecule has 136 valence electrons. The lowest BCUT2D eigenvalue weighted by Gasteiger charge is -2.09. The second-order valence-corrected chi connectivity index (χ2v) is 6.56. The summed E-state index contributed by atoms with van der Waals surface area (Å²) in [6.07, 6.45) is 1.75. The van der Waals surface area contributed by atoms with E-state index in [4.69, 9.17) is 10.00 Å². The number of halogens is 1. The van der Waals surface area contributed by atoms with Crippen LogP contribution in [0.1, 0.15) is 17.0 Å². The van der Waals surface area contributed by atoms with Crippen molar-refractivity contribution in [1.29, 1.82) is 5.26 Å². The minimum atomic E-state index is -0.414. The van der Waals surface area contributed by atoms with E-state index in [1.807, 2.05) is 16.7 Å². The van der Waals surface area contributed by atoms with Gasteiger partial charge in [-0.25, -0.2) is 4.39 Å². The molecule has 1 aromatic heterocycles. The molecule has 7 heteroatoms. The summed E-state index contributed by atoms with van der Waals surface area (Å²) < 4.78 is 21.1. The molecule has 3 aromatic rings. The third kappa shape index (κ3) is 4.74. The number of benzene rings is 2.